The fourth-order valence-electron chi connectivity index (χ4n) is 2.11. The highest BCUT2D eigenvalue weighted by molar-refractivity contribution is 7.87. The quantitative estimate of drug-likeness (QED) is 0.809. The number of aryl methyl sites for hydroxylation is 3. The van der Waals surface area contributed by atoms with Crippen molar-refractivity contribution < 1.29 is 12.6 Å². The van der Waals surface area contributed by atoms with Crippen LogP contribution in [0, 0.1) is 20.8 Å². The molecule has 1 aromatic heterocycles. The summed E-state index contributed by atoms with van der Waals surface area (Å²) in [7, 11) is -3.85. The lowest BCUT2D eigenvalue weighted by Gasteiger charge is -2.12. The van der Waals surface area contributed by atoms with E-state index in [1.54, 1.807) is 26.0 Å². The number of hydrogen-bond donors (Lipinski definition) is 0. The predicted octanol–water partition coefficient (Wildman–Crippen LogP) is 2.77. The molecule has 19 heavy (non-hydrogen) atoms. The van der Waals surface area contributed by atoms with E-state index in [9.17, 15) is 8.42 Å². The van der Waals surface area contributed by atoms with E-state index in [0.717, 1.165) is 5.56 Å². The first-order valence-electron chi connectivity index (χ1n) is 5.83. The van der Waals surface area contributed by atoms with Gasteiger partial charge in [0, 0.05) is 12.3 Å². The van der Waals surface area contributed by atoms with Crippen LogP contribution in [0.5, 0.6) is 5.88 Å². The van der Waals surface area contributed by atoms with Gasteiger partial charge in [0.05, 0.1) is 0 Å². The zero-order valence-electron chi connectivity index (χ0n) is 11.0. The van der Waals surface area contributed by atoms with Gasteiger partial charge in [-0.05, 0) is 38.0 Å². The molecule has 0 radical (unpaired) electrons. The lowest BCUT2D eigenvalue weighted by molar-refractivity contribution is 0.475. The summed E-state index contributed by atoms with van der Waals surface area (Å²) >= 11 is 0. The van der Waals surface area contributed by atoms with Crippen LogP contribution in [-0.2, 0) is 10.1 Å². The summed E-state index contributed by atoms with van der Waals surface area (Å²) in [6, 6.07) is 8.52. The number of rotatable bonds is 3. The smallest absolute Gasteiger partial charge is 0.341 e. The number of benzene rings is 1. The molecule has 0 fully saturated rings. The van der Waals surface area contributed by atoms with Gasteiger partial charge in [-0.2, -0.15) is 8.42 Å². The standard InChI is InChI=1S/C14H15NO3S/c1-10-8-11(2)14(12(3)9-10)19(16,17)18-13-6-4-5-7-15-13/h4-9H,1-3H3. The Hall–Kier alpha value is -1.88. The normalized spacial score (nSPS) is 11.3. The van der Waals surface area contributed by atoms with Crippen molar-refractivity contribution in [3.8, 4) is 5.88 Å². The molecule has 0 saturated heterocycles. The van der Waals surface area contributed by atoms with Crippen LogP contribution in [0.15, 0.2) is 41.4 Å². The summed E-state index contributed by atoms with van der Waals surface area (Å²) in [6.45, 7) is 5.44. The second kappa shape index (κ2) is 5.01. The minimum Gasteiger partial charge on any atom is -0.358 e. The van der Waals surface area contributed by atoms with Crippen LogP contribution in [0.4, 0.5) is 0 Å². The monoisotopic (exact) mass is 277 g/mol. The lowest BCUT2D eigenvalue weighted by Crippen LogP contribution is -2.13. The van der Waals surface area contributed by atoms with Gasteiger partial charge in [0.1, 0.15) is 4.90 Å². The molecule has 0 aliphatic carbocycles. The van der Waals surface area contributed by atoms with Crippen LogP contribution in [-0.4, -0.2) is 13.4 Å². The minimum atomic E-state index is -3.85. The molecule has 0 aliphatic rings. The molecule has 0 atom stereocenters. The van der Waals surface area contributed by atoms with Crippen molar-refractivity contribution in [2.45, 2.75) is 25.7 Å². The van der Waals surface area contributed by atoms with Gasteiger partial charge in [0.2, 0.25) is 5.88 Å². The van der Waals surface area contributed by atoms with E-state index >= 15 is 0 Å². The van der Waals surface area contributed by atoms with Crippen LogP contribution in [0.25, 0.3) is 0 Å². The average Bonchev–Trinajstić information content (AvgIpc) is 2.27. The molecule has 0 saturated carbocycles. The van der Waals surface area contributed by atoms with Crippen molar-refractivity contribution in [1.29, 1.82) is 0 Å². The van der Waals surface area contributed by atoms with Gasteiger partial charge in [-0.15, -0.1) is 0 Å². The molecule has 1 aromatic carbocycles. The second-order valence-corrected chi connectivity index (χ2v) is 5.92. The highest BCUT2D eigenvalue weighted by atomic mass is 32.2. The van der Waals surface area contributed by atoms with Gasteiger partial charge in [0.15, 0.2) is 0 Å². The Bertz CT molecular complexity index is 671. The summed E-state index contributed by atoms with van der Waals surface area (Å²) < 4.78 is 29.6. The summed E-state index contributed by atoms with van der Waals surface area (Å²) in [5.41, 5.74) is 2.37. The molecule has 5 heteroatoms. The van der Waals surface area contributed by atoms with E-state index in [1.165, 1.54) is 12.3 Å². The van der Waals surface area contributed by atoms with Crippen molar-refractivity contribution in [1.82, 2.24) is 4.98 Å². The Balaban J connectivity index is 2.46. The summed E-state index contributed by atoms with van der Waals surface area (Å²) in [5, 5.41) is 0. The molecule has 0 unspecified atom stereocenters. The fourth-order valence-corrected chi connectivity index (χ4v) is 3.42. The van der Waals surface area contributed by atoms with E-state index in [-0.39, 0.29) is 10.8 Å². The number of hydrogen-bond acceptors (Lipinski definition) is 4. The van der Waals surface area contributed by atoms with Crippen LogP contribution in [0.1, 0.15) is 16.7 Å². The molecule has 1 heterocycles. The van der Waals surface area contributed by atoms with Crippen LogP contribution < -0.4 is 4.18 Å². The molecule has 0 amide bonds. The molecule has 0 bridgehead atoms. The largest absolute Gasteiger partial charge is 0.358 e. The van der Waals surface area contributed by atoms with Gasteiger partial charge in [-0.3, -0.25) is 0 Å². The van der Waals surface area contributed by atoms with Gasteiger partial charge >= 0.3 is 10.1 Å². The fraction of sp³-hybridized carbons (Fsp3) is 0.214. The van der Waals surface area contributed by atoms with Gasteiger partial charge in [-0.1, -0.05) is 23.8 Å². The molecule has 4 nitrogen and oxygen atoms in total. The molecule has 0 spiro atoms. The maximum Gasteiger partial charge on any atom is 0.341 e. The molecule has 0 aliphatic heterocycles. The third kappa shape index (κ3) is 2.93. The van der Waals surface area contributed by atoms with E-state index in [2.05, 4.69) is 4.98 Å². The topological polar surface area (TPSA) is 56.3 Å². The summed E-state index contributed by atoms with van der Waals surface area (Å²) in [6.07, 6.45) is 1.49. The third-order valence-corrected chi connectivity index (χ3v) is 4.22. The average molecular weight is 277 g/mol. The number of pyridine rings is 1. The molecular formula is C14H15NO3S. The van der Waals surface area contributed by atoms with Crippen molar-refractivity contribution in [2.24, 2.45) is 0 Å². The Labute approximate surface area is 113 Å². The lowest BCUT2D eigenvalue weighted by atomic mass is 10.1. The van der Waals surface area contributed by atoms with Crippen molar-refractivity contribution >= 4 is 10.1 Å². The Morgan fingerprint density at radius 3 is 2.21 bits per heavy atom. The molecule has 2 rings (SSSR count). The maximum atomic E-state index is 12.3. The summed E-state index contributed by atoms with van der Waals surface area (Å²) in [5.74, 6) is 0.0712. The van der Waals surface area contributed by atoms with Gasteiger partial charge in [0.25, 0.3) is 0 Å². The van der Waals surface area contributed by atoms with E-state index in [4.69, 9.17) is 4.18 Å². The Kier molecular flexibility index (Phi) is 3.57. The van der Waals surface area contributed by atoms with E-state index in [0.29, 0.717) is 11.1 Å². The first-order valence-corrected chi connectivity index (χ1v) is 7.24. The summed E-state index contributed by atoms with van der Waals surface area (Å²) in [4.78, 5) is 4.08. The number of aromatic nitrogens is 1. The highest BCUT2D eigenvalue weighted by Crippen LogP contribution is 2.24. The first kappa shape index (κ1) is 13.5. The van der Waals surface area contributed by atoms with E-state index in [1.807, 2.05) is 19.1 Å². The molecule has 100 valence electrons. The maximum absolute atomic E-state index is 12.3. The Morgan fingerprint density at radius 2 is 1.68 bits per heavy atom. The van der Waals surface area contributed by atoms with Crippen molar-refractivity contribution in [3.63, 3.8) is 0 Å². The first-order chi connectivity index (χ1) is 8.90. The molecule has 0 N–H and O–H groups in total. The Morgan fingerprint density at radius 1 is 1.05 bits per heavy atom. The highest BCUT2D eigenvalue weighted by Gasteiger charge is 2.22. The molecule has 2 aromatic rings. The van der Waals surface area contributed by atoms with Crippen LogP contribution in [0.2, 0.25) is 0 Å². The number of nitrogens with zero attached hydrogens (tertiary/aromatic N) is 1. The second-order valence-electron chi connectivity index (χ2n) is 4.43. The van der Waals surface area contributed by atoms with Crippen LogP contribution in [0.3, 0.4) is 0 Å². The van der Waals surface area contributed by atoms with Gasteiger partial charge in [-0.25, -0.2) is 4.98 Å². The van der Waals surface area contributed by atoms with E-state index < -0.39 is 10.1 Å². The zero-order valence-corrected chi connectivity index (χ0v) is 11.9. The molecular weight excluding hydrogens is 262 g/mol. The minimum absolute atomic E-state index is 0.0712. The van der Waals surface area contributed by atoms with Crippen LogP contribution >= 0.6 is 0 Å². The van der Waals surface area contributed by atoms with Crippen molar-refractivity contribution in [3.05, 3.63) is 53.2 Å². The zero-order chi connectivity index (χ0) is 14.0. The third-order valence-electron chi connectivity index (χ3n) is 2.69. The van der Waals surface area contributed by atoms with Gasteiger partial charge < -0.3 is 4.18 Å². The SMILES string of the molecule is Cc1cc(C)c(S(=O)(=O)Oc2ccccn2)c(C)c1. The predicted molar refractivity (Wildman–Crippen MR) is 72.7 cm³/mol. The van der Waals surface area contributed by atoms with Crippen molar-refractivity contribution in [2.75, 3.05) is 0 Å².